The minimum Gasteiger partial charge on any atom is -0.490 e. The molecule has 0 heterocycles. The van der Waals surface area contributed by atoms with Gasteiger partial charge in [0.1, 0.15) is 5.75 Å². The molecule has 0 radical (unpaired) electrons. The normalized spacial score (nSPS) is 14.7. The van der Waals surface area contributed by atoms with E-state index in [2.05, 4.69) is 35.5 Å². The summed E-state index contributed by atoms with van der Waals surface area (Å²) in [5.74, 6) is 1.01. The maximum atomic E-state index is 5.80. The minimum absolute atomic E-state index is 0.472. The third-order valence-corrected chi connectivity index (χ3v) is 3.01. The first-order valence-electron chi connectivity index (χ1n) is 6.42. The standard InChI is InChI=1S/C14H22N2O/c1-15-9-4-10-16(2)12-5-3-6-14(11-12)17-13-7-8-13/h3,5-6,11,13,15H,4,7-10H2,1-2H3. The summed E-state index contributed by atoms with van der Waals surface area (Å²) in [4.78, 5) is 2.27. The van der Waals surface area contributed by atoms with Crippen LogP contribution in [0.25, 0.3) is 0 Å². The Morgan fingerprint density at radius 2 is 2.24 bits per heavy atom. The van der Waals surface area contributed by atoms with Gasteiger partial charge in [0.2, 0.25) is 0 Å². The van der Waals surface area contributed by atoms with Crippen molar-refractivity contribution in [3.8, 4) is 5.75 Å². The summed E-state index contributed by atoms with van der Waals surface area (Å²) < 4.78 is 5.80. The fourth-order valence-corrected chi connectivity index (χ4v) is 1.79. The second kappa shape index (κ2) is 5.92. The Labute approximate surface area is 104 Å². The zero-order valence-corrected chi connectivity index (χ0v) is 10.8. The van der Waals surface area contributed by atoms with E-state index in [-0.39, 0.29) is 0 Å². The molecule has 94 valence electrons. The zero-order valence-electron chi connectivity index (χ0n) is 10.8. The summed E-state index contributed by atoms with van der Waals surface area (Å²) in [5.41, 5.74) is 1.24. The van der Waals surface area contributed by atoms with Gasteiger partial charge in [0, 0.05) is 25.3 Å². The van der Waals surface area contributed by atoms with Gasteiger partial charge in [0.15, 0.2) is 0 Å². The molecule has 0 amide bonds. The highest BCUT2D eigenvalue weighted by molar-refractivity contribution is 5.50. The highest BCUT2D eigenvalue weighted by Gasteiger charge is 2.23. The number of ether oxygens (including phenoxy) is 1. The molecule has 3 heteroatoms. The lowest BCUT2D eigenvalue weighted by Crippen LogP contribution is -2.22. The molecule has 3 nitrogen and oxygen atoms in total. The van der Waals surface area contributed by atoms with E-state index in [1.54, 1.807) is 0 Å². The Morgan fingerprint density at radius 3 is 2.94 bits per heavy atom. The number of nitrogens with one attached hydrogen (secondary N) is 1. The van der Waals surface area contributed by atoms with Gasteiger partial charge in [-0.2, -0.15) is 0 Å². The van der Waals surface area contributed by atoms with Gasteiger partial charge in [-0.25, -0.2) is 0 Å². The molecule has 1 aliphatic carbocycles. The molecule has 1 saturated carbocycles. The van der Waals surface area contributed by atoms with Crippen LogP contribution in [0.1, 0.15) is 19.3 Å². The highest BCUT2D eigenvalue weighted by atomic mass is 16.5. The lowest BCUT2D eigenvalue weighted by atomic mass is 10.2. The number of anilines is 1. The van der Waals surface area contributed by atoms with Crippen LogP contribution in [0, 0.1) is 0 Å². The first-order valence-corrected chi connectivity index (χ1v) is 6.42. The van der Waals surface area contributed by atoms with Gasteiger partial charge in [-0.1, -0.05) is 6.07 Å². The van der Waals surface area contributed by atoms with E-state index < -0.39 is 0 Å². The van der Waals surface area contributed by atoms with E-state index in [4.69, 9.17) is 4.74 Å². The molecule has 0 saturated heterocycles. The predicted octanol–water partition coefficient (Wildman–Crippen LogP) is 2.27. The maximum Gasteiger partial charge on any atom is 0.121 e. The maximum absolute atomic E-state index is 5.80. The van der Waals surface area contributed by atoms with Crippen LogP contribution < -0.4 is 15.0 Å². The van der Waals surface area contributed by atoms with Crippen LogP contribution >= 0.6 is 0 Å². The van der Waals surface area contributed by atoms with Crippen molar-refractivity contribution in [3.05, 3.63) is 24.3 Å². The van der Waals surface area contributed by atoms with Crippen LogP contribution in [0.15, 0.2) is 24.3 Å². The number of hydrogen-bond acceptors (Lipinski definition) is 3. The molecule has 17 heavy (non-hydrogen) atoms. The van der Waals surface area contributed by atoms with E-state index in [1.807, 2.05) is 13.1 Å². The van der Waals surface area contributed by atoms with Gasteiger partial charge in [-0.3, -0.25) is 0 Å². The van der Waals surface area contributed by atoms with Gasteiger partial charge >= 0.3 is 0 Å². The Kier molecular flexibility index (Phi) is 4.26. The Hall–Kier alpha value is -1.22. The van der Waals surface area contributed by atoms with E-state index in [0.717, 1.165) is 25.3 Å². The molecule has 0 aliphatic heterocycles. The summed E-state index contributed by atoms with van der Waals surface area (Å²) in [6, 6.07) is 8.39. The summed E-state index contributed by atoms with van der Waals surface area (Å²) >= 11 is 0. The van der Waals surface area contributed by atoms with Crippen LogP contribution in [0.5, 0.6) is 5.75 Å². The Balaban J connectivity index is 1.89. The molecular weight excluding hydrogens is 212 g/mol. The lowest BCUT2D eigenvalue weighted by molar-refractivity contribution is 0.303. The van der Waals surface area contributed by atoms with E-state index in [1.165, 1.54) is 18.5 Å². The lowest BCUT2D eigenvalue weighted by Gasteiger charge is -2.20. The molecular formula is C14H22N2O. The fourth-order valence-electron chi connectivity index (χ4n) is 1.79. The van der Waals surface area contributed by atoms with Gasteiger partial charge in [-0.15, -0.1) is 0 Å². The van der Waals surface area contributed by atoms with Crippen molar-refractivity contribution in [2.75, 3.05) is 32.1 Å². The monoisotopic (exact) mass is 234 g/mol. The molecule has 1 N–H and O–H groups in total. The van der Waals surface area contributed by atoms with Crippen LogP contribution in [0.4, 0.5) is 5.69 Å². The van der Waals surface area contributed by atoms with Crippen molar-refractivity contribution in [1.29, 1.82) is 0 Å². The van der Waals surface area contributed by atoms with E-state index in [0.29, 0.717) is 6.10 Å². The fraction of sp³-hybridized carbons (Fsp3) is 0.571. The van der Waals surface area contributed by atoms with Crippen LogP contribution in [0.3, 0.4) is 0 Å². The van der Waals surface area contributed by atoms with Crippen molar-refractivity contribution in [2.45, 2.75) is 25.4 Å². The second-order valence-corrected chi connectivity index (χ2v) is 4.69. The van der Waals surface area contributed by atoms with Crippen molar-refractivity contribution in [2.24, 2.45) is 0 Å². The van der Waals surface area contributed by atoms with Crippen LogP contribution in [-0.2, 0) is 0 Å². The van der Waals surface area contributed by atoms with Gasteiger partial charge in [-0.05, 0) is 45.0 Å². The molecule has 1 aliphatic rings. The average Bonchev–Trinajstić information content (AvgIpc) is 3.13. The topological polar surface area (TPSA) is 24.5 Å². The average molecular weight is 234 g/mol. The van der Waals surface area contributed by atoms with Crippen molar-refractivity contribution in [3.63, 3.8) is 0 Å². The third-order valence-electron chi connectivity index (χ3n) is 3.01. The first kappa shape index (κ1) is 12.2. The van der Waals surface area contributed by atoms with Crippen LogP contribution in [0.2, 0.25) is 0 Å². The smallest absolute Gasteiger partial charge is 0.121 e. The summed E-state index contributed by atoms with van der Waals surface area (Å²) in [7, 11) is 4.12. The second-order valence-electron chi connectivity index (χ2n) is 4.69. The predicted molar refractivity (Wildman–Crippen MR) is 71.9 cm³/mol. The molecule has 0 unspecified atom stereocenters. The number of hydrogen-bond donors (Lipinski definition) is 1. The highest BCUT2D eigenvalue weighted by Crippen LogP contribution is 2.28. The number of nitrogens with zero attached hydrogens (tertiary/aromatic N) is 1. The van der Waals surface area contributed by atoms with Gasteiger partial charge in [0.25, 0.3) is 0 Å². The van der Waals surface area contributed by atoms with E-state index in [9.17, 15) is 0 Å². The van der Waals surface area contributed by atoms with Gasteiger partial charge in [0.05, 0.1) is 6.10 Å². The van der Waals surface area contributed by atoms with Crippen molar-refractivity contribution >= 4 is 5.69 Å². The largest absolute Gasteiger partial charge is 0.490 e. The molecule has 1 aromatic rings. The first-order chi connectivity index (χ1) is 8.29. The third kappa shape index (κ3) is 3.93. The summed E-state index contributed by atoms with van der Waals surface area (Å²) in [6.45, 7) is 2.12. The molecule has 0 atom stereocenters. The minimum atomic E-state index is 0.472. The van der Waals surface area contributed by atoms with Crippen molar-refractivity contribution < 1.29 is 4.74 Å². The van der Waals surface area contributed by atoms with Crippen molar-refractivity contribution in [1.82, 2.24) is 5.32 Å². The quantitative estimate of drug-likeness (QED) is 0.732. The molecule has 1 fully saturated rings. The molecule has 1 aromatic carbocycles. The van der Waals surface area contributed by atoms with Crippen LogP contribution in [-0.4, -0.2) is 33.3 Å². The Morgan fingerprint density at radius 1 is 1.41 bits per heavy atom. The zero-order chi connectivity index (χ0) is 12.1. The Bertz CT molecular complexity index is 350. The molecule has 0 spiro atoms. The van der Waals surface area contributed by atoms with Gasteiger partial charge < -0.3 is 15.0 Å². The summed E-state index contributed by atoms with van der Waals surface area (Å²) in [5, 5.41) is 3.17. The van der Waals surface area contributed by atoms with E-state index >= 15 is 0 Å². The number of benzene rings is 1. The molecule has 0 bridgehead atoms. The SMILES string of the molecule is CNCCCN(C)c1cccc(OC2CC2)c1. The number of rotatable bonds is 7. The molecule has 2 rings (SSSR count). The summed E-state index contributed by atoms with van der Waals surface area (Å²) in [6.07, 6.45) is 4.05. The molecule has 0 aromatic heterocycles.